The normalized spacial score (nSPS) is 28.6. The standard InChI is InChI=1S/C36H66B4O8/c1-19-21-23-25(37-41-29(3,4)30(5,6)42-37)27(39-45-33(11,12)34(13,14)46-39)28(40-47-35(15,16)36(17,18)48-40)26(24-22-20-2)38-43-31(7,8)32(9,10)44-38/h19-24H2,1-18H3. The Morgan fingerprint density at radius 1 is 0.333 bits per heavy atom. The lowest BCUT2D eigenvalue weighted by Gasteiger charge is -2.32. The fourth-order valence-corrected chi connectivity index (χ4v) is 6.29. The molecule has 4 aliphatic rings. The minimum Gasteiger partial charge on any atom is -0.400 e. The predicted molar refractivity (Wildman–Crippen MR) is 197 cm³/mol. The molecular formula is C36H66B4O8. The Bertz CT molecular complexity index is 1110. The van der Waals surface area contributed by atoms with Crippen molar-refractivity contribution in [3.05, 3.63) is 21.9 Å². The second kappa shape index (κ2) is 13.1. The molecule has 8 nitrogen and oxygen atoms in total. The van der Waals surface area contributed by atoms with Gasteiger partial charge in [0.25, 0.3) is 0 Å². The number of hydrogen-bond acceptors (Lipinski definition) is 8. The van der Waals surface area contributed by atoms with Gasteiger partial charge >= 0.3 is 28.5 Å². The van der Waals surface area contributed by atoms with Crippen molar-refractivity contribution in [2.45, 2.75) is 208 Å². The lowest BCUT2D eigenvalue weighted by atomic mass is 9.50. The quantitative estimate of drug-likeness (QED) is 0.160. The summed E-state index contributed by atoms with van der Waals surface area (Å²) in [6, 6.07) is 0. The second-order valence-corrected chi connectivity index (χ2v) is 18.4. The van der Waals surface area contributed by atoms with Crippen LogP contribution in [-0.4, -0.2) is 73.3 Å². The van der Waals surface area contributed by atoms with Crippen molar-refractivity contribution < 1.29 is 37.2 Å². The molecule has 4 saturated heterocycles. The zero-order valence-corrected chi connectivity index (χ0v) is 33.8. The van der Waals surface area contributed by atoms with E-state index in [2.05, 4.69) is 125 Å². The van der Waals surface area contributed by atoms with E-state index in [1.807, 2.05) is 0 Å². The third-order valence-electron chi connectivity index (χ3n) is 12.6. The molecule has 0 radical (unpaired) electrons. The molecule has 12 heteroatoms. The van der Waals surface area contributed by atoms with Crippen LogP contribution in [0.2, 0.25) is 0 Å². The third kappa shape index (κ3) is 7.22. The first-order valence-electron chi connectivity index (χ1n) is 18.5. The summed E-state index contributed by atoms with van der Waals surface area (Å²) in [7, 11) is -2.74. The molecular weight excluding hydrogens is 604 g/mol. The summed E-state index contributed by atoms with van der Waals surface area (Å²) in [5, 5.41) is 0. The second-order valence-electron chi connectivity index (χ2n) is 18.4. The molecule has 0 aromatic rings. The van der Waals surface area contributed by atoms with E-state index in [-0.39, 0.29) is 0 Å². The molecule has 0 atom stereocenters. The molecule has 0 aliphatic carbocycles. The lowest BCUT2D eigenvalue weighted by Crippen LogP contribution is -2.41. The van der Waals surface area contributed by atoms with Crippen molar-refractivity contribution in [3.63, 3.8) is 0 Å². The predicted octanol–water partition coefficient (Wildman–Crippen LogP) is 8.49. The maximum atomic E-state index is 6.98. The van der Waals surface area contributed by atoms with Crippen molar-refractivity contribution in [2.75, 3.05) is 0 Å². The van der Waals surface area contributed by atoms with Crippen LogP contribution in [0.25, 0.3) is 0 Å². The monoisotopic (exact) mass is 671 g/mol. The molecule has 0 bridgehead atoms. The van der Waals surface area contributed by atoms with Crippen LogP contribution in [0, 0.1) is 0 Å². The number of unbranched alkanes of at least 4 members (excludes halogenated alkanes) is 2. The van der Waals surface area contributed by atoms with Crippen LogP contribution in [0.3, 0.4) is 0 Å². The van der Waals surface area contributed by atoms with E-state index in [4.69, 9.17) is 37.2 Å². The van der Waals surface area contributed by atoms with Gasteiger partial charge in [-0.3, -0.25) is 0 Å². The highest BCUT2D eigenvalue weighted by molar-refractivity contribution is 6.71. The molecule has 4 heterocycles. The number of rotatable bonds is 11. The first-order valence-corrected chi connectivity index (χ1v) is 18.5. The molecule has 0 N–H and O–H groups in total. The van der Waals surface area contributed by atoms with Crippen molar-refractivity contribution in [3.8, 4) is 0 Å². The summed E-state index contributed by atoms with van der Waals surface area (Å²) >= 11 is 0. The highest BCUT2D eigenvalue weighted by Gasteiger charge is 2.62. The fourth-order valence-electron chi connectivity index (χ4n) is 6.29. The van der Waals surface area contributed by atoms with Crippen LogP contribution in [-0.2, 0) is 37.2 Å². The molecule has 4 rings (SSSR count). The summed E-state index contributed by atoms with van der Waals surface area (Å²) < 4.78 is 55.3. The summed E-state index contributed by atoms with van der Waals surface area (Å²) in [5.41, 5.74) is -0.834. The Labute approximate surface area is 295 Å². The molecule has 0 aromatic carbocycles. The molecule has 4 aliphatic heterocycles. The van der Waals surface area contributed by atoms with Crippen molar-refractivity contribution in [1.29, 1.82) is 0 Å². The minimum atomic E-state index is -0.742. The molecule has 0 aromatic heterocycles. The van der Waals surface area contributed by atoms with Gasteiger partial charge in [-0.1, -0.05) is 39.5 Å². The first-order chi connectivity index (χ1) is 21.7. The Kier molecular flexibility index (Phi) is 11.0. The molecule has 0 saturated carbocycles. The largest absolute Gasteiger partial charge is 0.493 e. The molecule has 0 unspecified atom stereocenters. The van der Waals surface area contributed by atoms with Crippen molar-refractivity contribution in [2.24, 2.45) is 0 Å². The SMILES string of the molecule is CCCCC(B1OC(C)(C)C(C)(C)O1)=C(B1OC(C)(C)C(C)(C)O1)C(B1OC(C)(C)C(C)(C)O1)=C(CCCC)B1OC(C)(C)C(C)(C)O1. The van der Waals surface area contributed by atoms with Gasteiger partial charge in [0.2, 0.25) is 0 Å². The van der Waals surface area contributed by atoms with E-state index in [1.54, 1.807) is 0 Å². The van der Waals surface area contributed by atoms with E-state index >= 15 is 0 Å². The van der Waals surface area contributed by atoms with E-state index in [1.165, 1.54) is 0 Å². The van der Waals surface area contributed by atoms with Gasteiger partial charge in [0.15, 0.2) is 0 Å². The van der Waals surface area contributed by atoms with Gasteiger partial charge in [0.1, 0.15) is 0 Å². The average molecular weight is 670 g/mol. The Morgan fingerprint density at radius 2 is 0.521 bits per heavy atom. The molecule has 0 amide bonds. The smallest absolute Gasteiger partial charge is 0.400 e. The van der Waals surface area contributed by atoms with Crippen molar-refractivity contribution >= 4 is 28.5 Å². The van der Waals surface area contributed by atoms with Gasteiger partial charge in [-0.2, -0.15) is 0 Å². The van der Waals surface area contributed by atoms with Crippen LogP contribution in [0.5, 0.6) is 0 Å². The molecule has 48 heavy (non-hydrogen) atoms. The van der Waals surface area contributed by atoms with Crippen LogP contribution >= 0.6 is 0 Å². The number of allylic oxidation sites excluding steroid dienone is 4. The van der Waals surface area contributed by atoms with Crippen LogP contribution in [0.15, 0.2) is 21.9 Å². The molecule has 270 valence electrons. The van der Waals surface area contributed by atoms with Gasteiger partial charge in [0, 0.05) is 0 Å². The van der Waals surface area contributed by atoms with E-state index in [0.717, 1.165) is 60.4 Å². The van der Waals surface area contributed by atoms with E-state index < -0.39 is 73.3 Å². The maximum absolute atomic E-state index is 6.98. The summed E-state index contributed by atoms with van der Waals surface area (Å²) in [6.07, 6.45) is 5.30. The van der Waals surface area contributed by atoms with Crippen LogP contribution in [0.4, 0.5) is 0 Å². The van der Waals surface area contributed by atoms with Crippen LogP contribution in [0.1, 0.15) is 163 Å². The zero-order valence-electron chi connectivity index (χ0n) is 33.8. The first kappa shape index (κ1) is 40.2. The Hall–Kier alpha value is -0.580. The van der Waals surface area contributed by atoms with Crippen molar-refractivity contribution in [1.82, 2.24) is 0 Å². The minimum absolute atomic E-state index is 0.541. The number of hydrogen-bond donors (Lipinski definition) is 0. The summed E-state index contributed by atoms with van der Waals surface area (Å²) in [5.74, 6) is 0. The van der Waals surface area contributed by atoms with Gasteiger partial charge in [-0.25, -0.2) is 0 Å². The highest BCUT2D eigenvalue weighted by Crippen LogP contribution is 2.50. The zero-order chi connectivity index (χ0) is 36.5. The molecule has 0 spiro atoms. The molecule has 4 fully saturated rings. The van der Waals surface area contributed by atoms with E-state index in [9.17, 15) is 0 Å². The maximum Gasteiger partial charge on any atom is 0.493 e. The fraction of sp³-hybridized carbons (Fsp3) is 0.889. The van der Waals surface area contributed by atoms with Gasteiger partial charge in [0.05, 0.1) is 44.8 Å². The topological polar surface area (TPSA) is 73.8 Å². The average Bonchev–Trinajstić information content (AvgIpc) is 3.45. The van der Waals surface area contributed by atoms with Gasteiger partial charge < -0.3 is 37.2 Å². The summed E-state index contributed by atoms with van der Waals surface area (Å²) in [4.78, 5) is 0. The highest BCUT2D eigenvalue weighted by atomic mass is 16.7. The Balaban J connectivity index is 2.12. The Morgan fingerprint density at radius 3 is 0.708 bits per heavy atom. The summed E-state index contributed by atoms with van der Waals surface area (Å²) in [6.45, 7) is 37.9. The van der Waals surface area contributed by atoms with Crippen LogP contribution < -0.4 is 0 Å². The van der Waals surface area contributed by atoms with E-state index in [0.29, 0.717) is 0 Å². The lowest BCUT2D eigenvalue weighted by molar-refractivity contribution is 0.00578. The third-order valence-corrected chi connectivity index (χ3v) is 12.6. The van der Waals surface area contributed by atoms with Gasteiger partial charge in [-0.15, -0.1) is 0 Å². The van der Waals surface area contributed by atoms with Gasteiger partial charge in [-0.05, 0) is 146 Å².